The standard InChI is InChI=1S/C17H19N3O3/c1-19(2)7-8-20-14-10-12(18)5-6-15(14)23-16(17(20)21)11-13-4-3-9-22-13/h3-6,9-11H,7-8,18H2,1-2H3/b16-11+. The van der Waals surface area contributed by atoms with Gasteiger partial charge in [-0.2, -0.15) is 0 Å². The molecule has 1 amide bonds. The summed E-state index contributed by atoms with van der Waals surface area (Å²) in [4.78, 5) is 16.5. The van der Waals surface area contributed by atoms with Crippen molar-refractivity contribution in [2.45, 2.75) is 0 Å². The van der Waals surface area contributed by atoms with Gasteiger partial charge in [-0.3, -0.25) is 4.79 Å². The van der Waals surface area contributed by atoms with E-state index in [0.29, 0.717) is 29.4 Å². The highest BCUT2D eigenvalue weighted by molar-refractivity contribution is 6.10. The van der Waals surface area contributed by atoms with Crippen LogP contribution in [0.15, 0.2) is 46.8 Å². The van der Waals surface area contributed by atoms with Crippen molar-refractivity contribution < 1.29 is 13.9 Å². The number of nitrogens with zero attached hydrogens (tertiary/aromatic N) is 2. The van der Waals surface area contributed by atoms with Crippen LogP contribution in [0.5, 0.6) is 5.75 Å². The molecule has 0 bridgehead atoms. The van der Waals surface area contributed by atoms with Crippen molar-refractivity contribution in [3.63, 3.8) is 0 Å². The van der Waals surface area contributed by atoms with E-state index in [1.54, 1.807) is 47.6 Å². The van der Waals surface area contributed by atoms with Gasteiger partial charge in [-0.15, -0.1) is 0 Å². The molecule has 23 heavy (non-hydrogen) atoms. The first-order chi connectivity index (χ1) is 11.0. The normalized spacial score (nSPS) is 15.9. The minimum absolute atomic E-state index is 0.207. The Labute approximate surface area is 134 Å². The van der Waals surface area contributed by atoms with Gasteiger partial charge in [0.15, 0.2) is 11.5 Å². The molecule has 0 spiro atoms. The molecule has 2 N–H and O–H groups in total. The zero-order chi connectivity index (χ0) is 16.4. The van der Waals surface area contributed by atoms with Gasteiger partial charge in [-0.05, 0) is 44.4 Å². The largest absolute Gasteiger partial charge is 0.465 e. The fourth-order valence-corrected chi connectivity index (χ4v) is 2.35. The number of hydrogen-bond donors (Lipinski definition) is 1. The van der Waals surface area contributed by atoms with Gasteiger partial charge in [-0.25, -0.2) is 0 Å². The third-order valence-electron chi connectivity index (χ3n) is 3.54. The van der Waals surface area contributed by atoms with Gasteiger partial charge < -0.3 is 24.7 Å². The Morgan fingerprint density at radius 2 is 2.13 bits per heavy atom. The molecular formula is C17H19N3O3. The van der Waals surface area contributed by atoms with Gasteiger partial charge in [0.2, 0.25) is 0 Å². The molecule has 2 heterocycles. The van der Waals surface area contributed by atoms with E-state index >= 15 is 0 Å². The molecule has 1 aromatic carbocycles. The predicted molar refractivity (Wildman–Crippen MR) is 89.1 cm³/mol. The van der Waals surface area contributed by atoms with Crippen LogP contribution in [0.3, 0.4) is 0 Å². The van der Waals surface area contributed by atoms with E-state index < -0.39 is 0 Å². The molecule has 0 fully saturated rings. The second kappa shape index (κ2) is 6.18. The number of likely N-dealkylation sites (N-methyl/N-ethyl adjacent to an activating group) is 1. The molecule has 0 aliphatic carbocycles. The molecular weight excluding hydrogens is 294 g/mol. The Hall–Kier alpha value is -2.73. The van der Waals surface area contributed by atoms with Crippen LogP contribution >= 0.6 is 0 Å². The van der Waals surface area contributed by atoms with Crippen molar-refractivity contribution in [1.29, 1.82) is 0 Å². The van der Waals surface area contributed by atoms with Gasteiger partial charge in [0.1, 0.15) is 5.76 Å². The molecule has 1 aliphatic heterocycles. The summed E-state index contributed by atoms with van der Waals surface area (Å²) in [6, 6.07) is 8.82. The quantitative estimate of drug-likeness (QED) is 0.692. The molecule has 120 valence electrons. The zero-order valence-corrected chi connectivity index (χ0v) is 13.2. The Morgan fingerprint density at radius 3 is 2.83 bits per heavy atom. The molecule has 2 aromatic rings. The van der Waals surface area contributed by atoms with Gasteiger partial charge in [0.05, 0.1) is 12.0 Å². The highest BCUT2D eigenvalue weighted by Gasteiger charge is 2.30. The van der Waals surface area contributed by atoms with E-state index in [-0.39, 0.29) is 11.7 Å². The van der Waals surface area contributed by atoms with Crippen LogP contribution < -0.4 is 15.4 Å². The number of benzene rings is 1. The molecule has 0 atom stereocenters. The maximum atomic E-state index is 12.8. The Kier molecular flexibility index (Phi) is 4.08. The Balaban J connectivity index is 1.98. The van der Waals surface area contributed by atoms with Crippen molar-refractivity contribution in [3.8, 4) is 5.75 Å². The molecule has 1 aromatic heterocycles. The molecule has 6 heteroatoms. The third kappa shape index (κ3) is 3.22. The van der Waals surface area contributed by atoms with E-state index in [4.69, 9.17) is 14.9 Å². The highest BCUT2D eigenvalue weighted by atomic mass is 16.5. The number of carbonyl (C=O) groups is 1. The number of fused-ring (bicyclic) bond motifs is 1. The van der Waals surface area contributed by atoms with Crippen LogP contribution in [0.1, 0.15) is 5.76 Å². The summed E-state index contributed by atoms with van der Waals surface area (Å²) in [5.74, 6) is 1.20. The molecule has 0 radical (unpaired) electrons. The average Bonchev–Trinajstić information content (AvgIpc) is 3.00. The van der Waals surface area contributed by atoms with E-state index in [2.05, 4.69) is 0 Å². The second-order valence-electron chi connectivity index (χ2n) is 5.61. The Bertz CT molecular complexity index is 736. The molecule has 0 saturated heterocycles. The summed E-state index contributed by atoms with van der Waals surface area (Å²) in [6.07, 6.45) is 3.16. The highest BCUT2D eigenvalue weighted by Crippen LogP contribution is 2.37. The first kappa shape index (κ1) is 15.2. The zero-order valence-electron chi connectivity index (χ0n) is 13.2. The van der Waals surface area contributed by atoms with Gasteiger partial charge in [0.25, 0.3) is 5.91 Å². The number of anilines is 2. The SMILES string of the molecule is CN(C)CCN1C(=O)/C(=C\c2ccco2)Oc2ccc(N)cc21. The van der Waals surface area contributed by atoms with Crippen LogP contribution in [0.25, 0.3) is 6.08 Å². The second-order valence-corrected chi connectivity index (χ2v) is 5.61. The van der Waals surface area contributed by atoms with Crippen molar-refractivity contribution >= 4 is 23.4 Å². The van der Waals surface area contributed by atoms with Crippen LogP contribution in [0.4, 0.5) is 11.4 Å². The molecule has 6 nitrogen and oxygen atoms in total. The molecule has 0 unspecified atom stereocenters. The average molecular weight is 313 g/mol. The van der Waals surface area contributed by atoms with Crippen molar-refractivity contribution in [1.82, 2.24) is 4.90 Å². The summed E-state index contributed by atoms with van der Waals surface area (Å²) in [5.41, 5.74) is 7.14. The number of nitrogen functional groups attached to an aromatic ring is 1. The van der Waals surface area contributed by atoms with Crippen LogP contribution in [-0.4, -0.2) is 38.0 Å². The van der Waals surface area contributed by atoms with Crippen molar-refractivity contribution in [2.24, 2.45) is 0 Å². The summed E-state index contributed by atoms with van der Waals surface area (Å²) in [7, 11) is 3.93. The lowest BCUT2D eigenvalue weighted by molar-refractivity contribution is -0.117. The van der Waals surface area contributed by atoms with Crippen LogP contribution in [0.2, 0.25) is 0 Å². The monoisotopic (exact) mass is 313 g/mol. The fourth-order valence-electron chi connectivity index (χ4n) is 2.35. The lowest BCUT2D eigenvalue weighted by Gasteiger charge is -2.31. The first-order valence-corrected chi connectivity index (χ1v) is 7.34. The predicted octanol–water partition coefficient (Wildman–Crippen LogP) is 2.19. The van der Waals surface area contributed by atoms with Crippen molar-refractivity contribution in [2.75, 3.05) is 37.8 Å². The maximum Gasteiger partial charge on any atom is 0.294 e. The van der Waals surface area contributed by atoms with Gasteiger partial charge in [0, 0.05) is 24.9 Å². The minimum Gasteiger partial charge on any atom is -0.465 e. The number of amides is 1. The lowest BCUT2D eigenvalue weighted by atomic mass is 10.2. The summed E-state index contributed by atoms with van der Waals surface area (Å²) >= 11 is 0. The summed E-state index contributed by atoms with van der Waals surface area (Å²) in [5, 5.41) is 0. The van der Waals surface area contributed by atoms with E-state index in [1.807, 2.05) is 19.0 Å². The van der Waals surface area contributed by atoms with Crippen molar-refractivity contribution in [3.05, 3.63) is 48.1 Å². The molecule has 0 saturated carbocycles. The minimum atomic E-state index is -0.207. The van der Waals surface area contributed by atoms with Crippen LogP contribution in [0, 0.1) is 0 Å². The Morgan fingerprint density at radius 1 is 1.30 bits per heavy atom. The summed E-state index contributed by atoms with van der Waals surface area (Å²) in [6.45, 7) is 1.27. The van der Waals surface area contributed by atoms with E-state index in [9.17, 15) is 4.79 Å². The number of hydrogen-bond acceptors (Lipinski definition) is 5. The topological polar surface area (TPSA) is 71.9 Å². The number of carbonyl (C=O) groups excluding carboxylic acids is 1. The number of ether oxygens (including phenoxy) is 1. The lowest BCUT2D eigenvalue weighted by Crippen LogP contribution is -2.41. The number of nitrogens with two attached hydrogens (primary N) is 1. The third-order valence-corrected chi connectivity index (χ3v) is 3.54. The molecule has 1 aliphatic rings. The van der Waals surface area contributed by atoms with Gasteiger partial charge in [-0.1, -0.05) is 0 Å². The van der Waals surface area contributed by atoms with Gasteiger partial charge >= 0.3 is 0 Å². The van der Waals surface area contributed by atoms with E-state index in [1.165, 1.54) is 0 Å². The number of furan rings is 1. The maximum absolute atomic E-state index is 12.8. The fraction of sp³-hybridized carbons (Fsp3) is 0.235. The molecule has 3 rings (SSSR count). The van der Waals surface area contributed by atoms with Crippen LogP contribution in [-0.2, 0) is 4.79 Å². The number of rotatable bonds is 4. The summed E-state index contributed by atoms with van der Waals surface area (Å²) < 4.78 is 11.0. The van der Waals surface area contributed by atoms with E-state index in [0.717, 1.165) is 6.54 Å². The smallest absolute Gasteiger partial charge is 0.294 e. The first-order valence-electron chi connectivity index (χ1n) is 7.34.